The smallest absolute Gasteiger partial charge is 0.153 e. The van der Waals surface area contributed by atoms with Crippen LogP contribution in [0, 0.1) is 0 Å². The van der Waals surface area contributed by atoms with Gasteiger partial charge in [-0.15, -0.1) is 0 Å². The number of rotatable bonds is 4. The molecule has 2 aromatic rings. The van der Waals surface area contributed by atoms with Crippen molar-refractivity contribution in [2.24, 2.45) is 0 Å². The van der Waals surface area contributed by atoms with Gasteiger partial charge in [-0.25, -0.2) is 9.97 Å². The minimum atomic E-state index is -0.228. The van der Waals surface area contributed by atoms with Crippen molar-refractivity contribution in [3.8, 4) is 0 Å². The lowest BCUT2D eigenvalue weighted by Gasteiger charge is -2.17. The minimum absolute atomic E-state index is 0.0343. The quantitative estimate of drug-likeness (QED) is 0.735. The second kappa shape index (κ2) is 5.27. The van der Waals surface area contributed by atoms with Crippen LogP contribution in [0.5, 0.6) is 0 Å². The fourth-order valence-electron chi connectivity index (χ4n) is 1.55. The predicted octanol–water partition coefficient (Wildman–Crippen LogP) is 1.20. The minimum Gasteiger partial charge on any atom is -0.394 e. The summed E-state index contributed by atoms with van der Waals surface area (Å²) in [6, 6.07) is 9.41. The number of nitrogens with two attached hydrogens (primary N) is 1. The van der Waals surface area contributed by atoms with Crippen LogP contribution in [0.2, 0.25) is 0 Å². The summed E-state index contributed by atoms with van der Waals surface area (Å²) in [4.78, 5) is 7.85. The number of hydrogen-bond donors (Lipinski definition) is 3. The lowest BCUT2D eigenvalue weighted by atomic mass is 10.1. The van der Waals surface area contributed by atoms with Gasteiger partial charge < -0.3 is 16.2 Å². The number of benzene rings is 1. The van der Waals surface area contributed by atoms with E-state index in [1.807, 2.05) is 30.3 Å². The predicted molar refractivity (Wildman–Crippen MR) is 66.3 cm³/mol. The van der Waals surface area contributed by atoms with Crippen LogP contribution in [0.25, 0.3) is 0 Å². The van der Waals surface area contributed by atoms with Crippen molar-refractivity contribution in [3.63, 3.8) is 0 Å². The molecule has 1 unspecified atom stereocenters. The Bertz CT molecular complexity index is 475. The molecule has 5 heteroatoms. The molecule has 0 aliphatic rings. The first kappa shape index (κ1) is 11.3. The van der Waals surface area contributed by atoms with E-state index in [4.69, 9.17) is 5.73 Å². The number of anilines is 2. The van der Waals surface area contributed by atoms with E-state index in [2.05, 4.69) is 15.3 Å². The molecule has 0 bridgehead atoms. The first-order valence-corrected chi connectivity index (χ1v) is 5.29. The van der Waals surface area contributed by atoms with Crippen LogP contribution in [0.3, 0.4) is 0 Å². The molecule has 0 saturated carbocycles. The maximum atomic E-state index is 9.38. The highest BCUT2D eigenvalue weighted by Gasteiger charge is 2.11. The third-order valence-electron chi connectivity index (χ3n) is 2.44. The van der Waals surface area contributed by atoms with Crippen molar-refractivity contribution in [3.05, 3.63) is 48.4 Å². The Morgan fingerprint density at radius 3 is 2.71 bits per heavy atom. The summed E-state index contributed by atoms with van der Waals surface area (Å²) in [5.74, 6) is 0.530. The number of hydrogen-bond acceptors (Lipinski definition) is 5. The van der Waals surface area contributed by atoms with Crippen LogP contribution in [0.4, 0.5) is 11.5 Å². The van der Waals surface area contributed by atoms with Gasteiger partial charge in [-0.1, -0.05) is 30.3 Å². The SMILES string of the molecule is Nc1cncnc1NC(CO)c1ccccc1. The Labute approximate surface area is 99.3 Å². The lowest BCUT2D eigenvalue weighted by Crippen LogP contribution is -2.16. The van der Waals surface area contributed by atoms with Gasteiger partial charge >= 0.3 is 0 Å². The highest BCUT2D eigenvalue weighted by Crippen LogP contribution is 2.20. The van der Waals surface area contributed by atoms with E-state index >= 15 is 0 Å². The summed E-state index contributed by atoms with van der Waals surface area (Å²) in [5, 5.41) is 12.5. The number of nitrogens with zero attached hydrogens (tertiary/aromatic N) is 2. The third kappa shape index (κ3) is 2.70. The van der Waals surface area contributed by atoms with Crippen molar-refractivity contribution < 1.29 is 5.11 Å². The Hall–Kier alpha value is -2.14. The van der Waals surface area contributed by atoms with Gasteiger partial charge in [0.15, 0.2) is 5.82 Å². The molecule has 0 spiro atoms. The molecule has 17 heavy (non-hydrogen) atoms. The number of nitrogen functional groups attached to an aromatic ring is 1. The number of aliphatic hydroxyl groups excluding tert-OH is 1. The van der Waals surface area contributed by atoms with Crippen molar-refractivity contribution >= 4 is 11.5 Å². The number of nitrogens with one attached hydrogen (secondary N) is 1. The van der Waals surface area contributed by atoms with E-state index in [9.17, 15) is 5.11 Å². The molecule has 1 aromatic heterocycles. The van der Waals surface area contributed by atoms with Crippen LogP contribution in [-0.4, -0.2) is 21.7 Å². The average molecular weight is 230 g/mol. The summed E-state index contributed by atoms with van der Waals surface area (Å²) in [6.45, 7) is -0.0343. The summed E-state index contributed by atoms with van der Waals surface area (Å²) in [6.07, 6.45) is 2.94. The largest absolute Gasteiger partial charge is 0.394 e. The highest BCUT2D eigenvalue weighted by atomic mass is 16.3. The molecule has 0 radical (unpaired) electrons. The van der Waals surface area contributed by atoms with Crippen molar-refractivity contribution in [1.82, 2.24) is 9.97 Å². The van der Waals surface area contributed by atoms with Gasteiger partial charge in [-0.05, 0) is 5.56 Å². The van der Waals surface area contributed by atoms with Crippen LogP contribution in [-0.2, 0) is 0 Å². The zero-order valence-electron chi connectivity index (χ0n) is 9.24. The second-order valence-corrected chi connectivity index (χ2v) is 3.62. The molecule has 1 aromatic carbocycles. The fourth-order valence-corrected chi connectivity index (χ4v) is 1.55. The Morgan fingerprint density at radius 2 is 2.06 bits per heavy atom. The summed E-state index contributed by atoms with van der Waals surface area (Å²) < 4.78 is 0. The monoisotopic (exact) mass is 230 g/mol. The normalized spacial score (nSPS) is 12.1. The zero-order chi connectivity index (χ0) is 12.1. The van der Waals surface area contributed by atoms with Gasteiger partial charge in [-0.3, -0.25) is 0 Å². The van der Waals surface area contributed by atoms with Crippen LogP contribution in [0.1, 0.15) is 11.6 Å². The van der Waals surface area contributed by atoms with E-state index in [0.29, 0.717) is 11.5 Å². The van der Waals surface area contributed by atoms with Crippen LogP contribution < -0.4 is 11.1 Å². The molecule has 0 amide bonds. The molecule has 88 valence electrons. The molecule has 0 aliphatic carbocycles. The Kier molecular flexibility index (Phi) is 3.52. The third-order valence-corrected chi connectivity index (χ3v) is 2.44. The molecule has 4 N–H and O–H groups in total. The van der Waals surface area contributed by atoms with Gasteiger partial charge in [0.2, 0.25) is 0 Å². The standard InChI is InChI=1S/C12H14N4O/c13-10-6-14-8-15-12(10)16-11(7-17)9-4-2-1-3-5-9/h1-6,8,11,17H,7,13H2,(H,14,15,16). The highest BCUT2D eigenvalue weighted by molar-refractivity contribution is 5.59. The summed E-state index contributed by atoms with van der Waals surface area (Å²) in [7, 11) is 0. The molecule has 1 atom stereocenters. The topological polar surface area (TPSA) is 84.1 Å². The second-order valence-electron chi connectivity index (χ2n) is 3.62. The fraction of sp³-hybridized carbons (Fsp3) is 0.167. The number of aliphatic hydroxyl groups is 1. The Balaban J connectivity index is 2.19. The first-order chi connectivity index (χ1) is 8.31. The van der Waals surface area contributed by atoms with Gasteiger partial charge in [-0.2, -0.15) is 0 Å². The molecule has 1 heterocycles. The van der Waals surface area contributed by atoms with E-state index in [0.717, 1.165) is 5.56 Å². The van der Waals surface area contributed by atoms with Crippen LogP contribution in [0.15, 0.2) is 42.9 Å². The summed E-state index contributed by atoms with van der Waals surface area (Å²) >= 11 is 0. The van der Waals surface area contributed by atoms with Crippen LogP contribution >= 0.6 is 0 Å². The van der Waals surface area contributed by atoms with E-state index in [-0.39, 0.29) is 12.6 Å². The van der Waals surface area contributed by atoms with Crippen molar-refractivity contribution in [2.45, 2.75) is 6.04 Å². The van der Waals surface area contributed by atoms with Crippen molar-refractivity contribution in [2.75, 3.05) is 17.7 Å². The molecule has 0 saturated heterocycles. The molecule has 5 nitrogen and oxygen atoms in total. The lowest BCUT2D eigenvalue weighted by molar-refractivity contribution is 0.276. The molecule has 2 rings (SSSR count). The van der Waals surface area contributed by atoms with Gasteiger partial charge in [0.1, 0.15) is 6.33 Å². The molecule has 0 aliphatic heterocycles. The van der Waals surface area contributed by atoms with E-state index in [1.165, 1.54) is 12.5 Å². The zero-order valence-corrected chi connectivity index (χ0v) is 9.24. The maximum Gasteiger partial charge on any atom is 0.153 e. The molecular weight excluding hydrogens is 216 g/mol. The molecular formula is C12H14N4O. The summed E-state index contributed by atoms with van der Waals surface area (Å²) in [5.41, 5.74) is 7.17. The van der Waals surface area contributed by atoms with Gasteiger partial charge in [0.05, 0.1) is 24.5 Å². The average Bonchev–Trinajstić information content (AvgIpc) is 2.39. The van der Waals surface area contributed by atoms with E-state index < -0.39 is 0 Å². The van der Waals surface area contributed by atoms with E-state index in [1.54, 1.807) is 0 Å². The van der Waals surface area contributed by atoms with Gasteiger partial charge in [0.25, 0.3) is 0 Å². The Morgan fingerprint density at radius 1 is 1.29 bits per heavy atom. The van der Waals surface area contributed by atoms with Gasteiger partial charge in [0, 0.05) is 0 Å². The number of aromatic nitrogens is 2. The maximum absolute atomic E-state index is 9.38. The first-order valence-electron chi connectivity index (χ1n) is 5.29. The van der Waals surface area contributed by atoms with Crippen molar-refractivity contribution in [1.29, 1.82) is 0 Å². The molecule has 0 fully saturated rings.